The molecule has 2 heterocycles. The number of piperidine rings is 1. The fourth-order valence-electron chi connectivity index (χ4n) is 3.80. The molecule has 1 aromatic carbocycles. The summed E-state index contributed by atoms with van der Waals surface area (Å²) in [5.74, 6) is 1.18. The molecule has 2 N–H and O–H groups in total. The number of aryl methyl sites for hydroxylation is 1. The Bertz CT molecular complexity index is 684. The van der Waals surface area contributed by atoms with E-state index in [2.05, 4.69) is 50.5 Å². The summed E-state index contributed by atoms with van der Waals surface area (Å²) in [6.07, 6.45) is 2.40. The third kappa shape index (κ3) is 2.77. The largest absolute Gasteiger partial charge is 0.348 e. The minimum atomic E-state index is -0.0305. The number of imidazole rings is 1. The van der Waals surface area contributed by atoms with E-state index in [4.69, 9.17) is 0 Å². The van der Waals surface area contributed by atoms with Gasteiger partial charge in [0.2, 0.25) is 0 Å². The Morgan fingerprint density at radius 2 is 2.04 bits per heavy atom. The molecule has 3 atom stereocenters. The van der Waals surface area contributed by atoms with E-state index in [1.54, 1.807) is 6.33 Å². The average Bonchev–Trinajstić information content (AvgIpc) is 2.99. The smallest absolute Gasteiger partial charge is 0.271 e. The fourth-order valence-corrected chi connectivity index (χ4v) is 3.80. The van der Waals surface area contributed by atoms with E-state index in [1.165, 1.54) is 5.56 Å². The van der Waals surface area contributed by atoms with E-state index in [1.807, 2.05) is 6.92 Å². The Kier molecular flexibility index (Phi) is 3.65. The van der Waals surface area contributed by atoms with Crippen LogP contribution in [0.1, 0.15) is 28.7 Å². The summed E-state index contributed by atoms with van der Waals surface area (Å²) in [6.45, 7) is 5.18. The van der Waals surface area contributed by atoms with Crippen LogP contribution >= 0.6 is 0 Å². The van der Waals surface area contributed by atoms with Gasteiger partial charge in [0.25, 0.3) is 5.91 Å². The molecule has 0 bridgehead atoms. The van der Waals surface area contributed by atoms with Gasteiger partial charge in [-0.3, -0.25) is 9.69 Å². The van der Waals surface area contributed by atoms with Gasteiger partial charge in [-0.25, -0.2) is 4.98 Å². The molecular weight excluding hydrogens is 288 g/mol. The zero-order chi connectivity index (χ0) is 15.8. The number of fused-ring (bicyclic) bond motifs is 1. The van der Waals surface area contributed by atoms with E-state index >= 15 is 0 Å². The number of benzene rings is 1. The molecule has 2 aliphatic rings. The molecule has 4 rings (SSSR count). The van der Waals surface area contributed by atoms with Gasteiger partial charge in [-0.05, 0) is 23.8 Å². The quantitative estimate of drug-likeness (QED) is 0.886. The molecule has 120 valence electrons. The number of hydrogen-bond donors (Lipinski definition) is 2. The number of carbonyl (C=O) groups excluding carboxylic acids is 1. The first-order valence-electron chi connectivity index (χ1n) is 8.35. The maximum atomic E-state index is 12.3. The second kappa shape index (κ2) is 5.81. The molecule has 0 radical (unpaired) electrons. The Balaban J connectivity index is 1.30. The van der Waals surface area contributed by atoms with Crippen LogP contribution in [-0.4, -0.2) is 39.9 Å². The minimum absolute atomic E-state index is 0.0305. The molecule has 2 fully saturated rings. The number of rotatable bonds is 5. The molecule has 0 spiro atoms. The number of amides is 1. The lowest BCUT2D eigenvalue weighted by Crippen LogP contribution is -2.34. The molecule has 1 saturated heterocycles. The van der Waals surface area contributed by atoms with Crippen LogP contribution in [0.3, 0.4) is 0 Å². The summed E-state index contributed by atoms with van der Waals surface area (Å²) in [7, 11) is 0. The van der Waals surface area contributed by atoms with Crippen molar-refractivity contribution in [2.75, 3.05) is 13.1 Å². The highest BCUT2D eigenvalue weighted by molar-refractivity contribution is 5.93. The molecule has 1 aliphatic heterocycles. The molecule has 1 unspecified atom stereocenters. The highest BCUT2D eigenvalue weighted by Crippen LogP contribution is 2.45. The molecular formula is C18H22N4O. The van der Waals surface area contributed by atoms with Crippen molar-refractivity contribution < 1.29 is 4.79 Å². The van der Waals surface area contributed by atoms with Gasteiger partial charge in [0.15, 0.2) is 0 Å². The molecule has 5 heteroatoms. The lowest BCUT2D eigenvalue weighted by molar-refractivity contribution is 0.0937. The maximum absolute atomic E-state index is 12.3. The van der Waals surface area contributed by atoms with E-state index in [0.29, 0.717) is 23.6 Å². The van der Waals surface area contributed by atoms with Crippen molar-refractivity contribution in [3.05, 3.63) is 53.6 Å². The van der Waals surface area contributed by atoms with Crippen molar-refractivity contribution in [1.82, 2.24) is 20.2 Å². The SMILES string of the molecule is CCc1[nH]cnc1C(=O)NC1[C@H]2CN(Cc3ccccc3)C[C@@H]12. The van der Waals surface area contributed by atoms with Gasteiger partial charge in [-0.2, -0.15) is 0 Å². The van der Waals surface area contributed by atoms with Crippen LogP contribution in [0.4, 0.5) is 0 Å². The summed E-state index contributed by atoms with van der Waals surface area (Å²) in [5, 5.41) is 3.17. The second-order valence-electron chi connectivity index (χ2n) is 6.59. The summed E-state index contributed by atoms with van der Waals surface area (Å²) in [6, 6.07) is 10.9. The third-order valence-electron chi connectivity index (χ3n) is 5.10. The minimum Gasteiger partial charge on any atom is -0.348 e. The number of aromatic nitrogens is 2. The van der Waals surface area contributed by atoms with E-state index in [9.17, 15) is 4.79 Å². The van der Waals surface area contributed by atoms with Gasteiger partial charge in [-0.1, -0.05) is 37.3 Å². The van der Waals surface area contributed by atoms with E-state index in [0.717, 1.165) is 31.7 Å². The zero-order valence-electron chi connectivity index (χ0n) is 13.3. The van der Waals surface area contributed by atoms with Gasteiger partial charge >= 0.3 is 0 Å². The first kappa shape index (κ1) is 14.5. The Morgan fingerprint density at radius 3 is 2.74 bits per heavy atom. The summed E-state index contributed by atoms with van der Waals surface area (Å²) < 4.78 is 0. The third-order valence-corrected chi connectivity index (χ3v) is 5.10. The predicted molar refractivity (Wildman–Crippen MR) is 87.9 cm³/mol. The molecule has 1 amide bonds. The number of carbonyl (C=O) groups is 1. The van der Waals surface area contributed by atoms with Crippen LogP contribution < -0.4 is 5.32 Å². The standard InChI is InChI=1S/C18H22N4O/c1-2-15-17(20-11-19-15)18(23)21-16-13-9-22(10-14(13)16)8-12-6-4-3-5-7-12/h3-7,11,13-14,16H,2,8-10H2,1H3,(H,19,20)(H,21,23)/t13-,14+,16?. The molecule has 1 aliphatic carbocycles. The van der Waals surface area contributed by atoms with Gasteiger partial charge in [0.05, 0.1) is 6.33 Å². The monoisotopic (exact) mass is 310 g/mol. The van der Waals surface area contributed by atoms with E-state index in [-0.39, 0.29) is 5.91 Å². The number of nitrogens with one attached hydrogen (secondary N) is 2. The molecule has 2 aromatic rings. The fraction of sp³-hybridized carbons (Fsp3) is 0.444. The van der Waals surface area contributed by atoms with Crippen molar-refractivity contribution in [2.24, 2.45) is 11.8 Å². The van der Waals surface area contributed by atoms with Gasteiger partial charge in [0, 0.05) is 31.4 Å². The van der Waals surface area contributed by atoms with Crippen molar-refractivity contribution >= 4 is 5.91 Å². The summed E-state index contributed by atoms with van der Waals surface area (Å²) in [5.41, 5.74) is 2.83. The zero-order valence-corrected chi connectivity index (χ0v) is 13.3. The number of hydrogen-bond acceptors (Lipinski definition) is 3. The van der Waals surface area contributed by atoms with Crippen LogP contribution in [0.2, 0.25) is 0 Å². The van der Waals surface area contributed by atoms with Crippen LogP contribution in [-0.2, 0) is 13.0 Å². The predicted octanol–water partition coefficient (Wildman–Crippen LogP) is 1.83. The molecule has 1 aromatic heterocycles. The van der Waals surface area contributed by atoms with Gasteiger partial charge in [0.1, 0.15) is 5.69 Å². The van der Waals surface area contributed by atoms with Crippen molar-refractivity contribution in [3.63, 3.8) is 0 Å². The Hall–Kier alpha value is -2.14. The molecule has 1 saturated carbocycles. The van der Waals surface area contributed by atoms with Crippen LogP contribution in [0.25, 0.3) is 0 Å². The van der Waals surface area contributed by atoms with E-state index < -0.39 is 0 Å². The first-order chi connectivity index (χ1) is 11.3. The number of nitrogens with zero attached hydrogens (tertiary/aromatic N) is 2. The topological polar surface area (TPSA) is 61.0 Å². The second-order valence-corrected chi connectivity index (χ2v) is 6.59. The van der Waals surface area contributed by atoms with Gasteiger partial charge in [-0.15, -0.1) is 0 Å². The van der Waals surface area contributed by atoms with Crippen LogP contribution in [0, 0.1) is 11.8 Å². The first-order valence-corrected chi connectivity index (χ1v) is 8.35. The highest BCUT2D eigenvalue weighted by Gasteiger charge is 2.56. The highest BCUT2D eigenvalue weighted by atomic mass is 16.2. The van der Waals surface area contributed by atoms with Crippen LogP contribution in [0.5, 0.6) is 0 Å². The number of likely N-dealkylation sites (tertiary alicyclic amines) is 1. The van der Waals surface area contributed by atoms with Crippen molar-refractivity contribution in [1.29, 1.82) is 0 Å². The van der Waals surface area contributed by atoms with Crippen molar-refractivity contribution in [3.8, 4) is 0 Å². The number of aromatic amines is 1. The van der Waals surface area contributed by atoms with Crippen LogP contribution in [0.15, 0.2) is 36.7 Å². The lowest BCUT2D eigenvalue weighted by Gasteiger charge is -2.19. The Morgan fingerprint density at radius 1 is 1.30 bits per heavy atom. The average molecular weight is 310 g/mol. The summed E-state index contributed by atoms with van der Waals surface area (Å²) in [4.78, 5) is 22.0. The normalized spacial score (nSPS) is 26.0. The molecule has 23 heavy (non-hydrogen) atoms. The van der Waals surface area contributed by atoms with Crippen molar-refractivity contribution in [2.45, 2.75) is 25.9 Å². The Labute approximate surface area is 136 Å². The number of H-pyrrole nitrogens is 1. The maximum Gasteiger partial charge on any atom is 0.271 e. The summed E-state index contributed by atoms with van der Waals surface area (Å²) >= 11 is 0. The lowest BCUT2D eigenvalue weighted by atomic mass is 10.2. The van der Waals surface area contributed by atoms with Gasteiger partial charge < -0.3 is 10.3 Å². The molecule has 5 nitrogen and oxygen atoms in total.